The minimum Gasteiger partial charge on any atom is -0.493 e. The van der Waals surface area contributed by atoms with Gasteiger partial charge >= 0.3 is 0 Å². The summed E-state index contributed by atoms with van der Waals surface area (Å²) >= 11 is 0. The molecule has 1 aromatic heterocycles. The number of aromatic nitrogens is 1. The largest absolute Gasteiger partial charge is 0.493 e. The van der Waals surface area contributed by atoms with E-state index in [2.05, 4.69) is 5.32 Å². The highest BCUT2D eigenvalue weighted by molar-refractivity contribution is 6.07. The smallest absolute Gasteiger partial charge is 0.252 e. The number of nitrogens with one attached hydrogen (secondary N) is 1. The molecule has 0 aliphatic carbocycles. The molecule has 3 aromatic rings. The van der Waals surface area contributed by atoms with E-state index in [4.69, 9.17) is 19.2 Å². The van der Waals surface area contributed by atoms with E-state index >= 15 is 0 Å². The van der Waals surface area contributed by atoms with Gasteiger partial charge in [0.15, 0.2) is 11.5 Å². The number of carbonyl (C=O) groups is 1. The Hall–Kier alpha value is -3.28. The summed E-state index contributed by atoms with van der Waals surface area (Å²) in [7, 11) is 4.69. The fraction of sp³-hybridized carbons (Fsp3) is 0.238. The summed E-state index contributed by atoms with van der Waals surface area (Å²) in [5.74, 6) is 1.43. The number of benzene rings is 2. The zero-order valence-electron chi connectivity index (χ0n) is 15.8. The molecule has 0 bridgehead atoms. The van der Waals surface area contributed by atoms with Crippen molar-refractivity contribution < 1.29 is 19.0 Å². The van der Waals surface area contributed by atoms with Crippen LogP contribution in [0.5, 0.6) is 17.2 Å². The van der Waals surface area contributed by atoms with Crippen LogP contribution >= 0.6 is 0 Å². The SMILES string of the molecule is CCNC(=O)c1cc(-c2cc(OC)c(OC)c(OC)c2)nc2ccccc12. The van der Waals surface area contributed by atoms with Gasteiger partial charge in [-0.05, 0) is 31.2 Å². The number of hydrogen-bond donors (Lipinski definition) is 1. The van der Waals surface area contributed by atoms with Crippen molar-refractivity contribution in [3.8, 4) is 28.5 Å². The third-order valence-corrected chi connectivity index (χ3v) is 4.26. The molecule has 0 atom stereocenters. The molecule has 6 nitrogen and oxygen atoms in total. The second kappa shape index (κ2) is 7.95. The van der Waals surface area contributed by atoms with Crippen molar-refractivity contribution in [2.45, 2.75) is 6.92 Å². The molecule has 1 amide bonds. The molecule has 0 fully saturated rings. The van der Waals surface area contributed by atoms with Gasteiger partial charge in [0.2, 0.25) is 5.75 Å². The fourth-order valence-corrected chi connectivity index (χ4v) is 3.00. The maximum absolute atomic E-state index is 12.6. The lowest BCUT2D eigenvalue weighted by atomic mass is 10.0. The van der Waals surface area contributed by atoms with E-state index in [1.54, 1.807) is 27.4 Å². The second-order valence-electron chi connectivity index (χ2n) is 5.85. The summed E-state index contributed by atoms with van der Waals surface area (Å²) in [4.78, 5) is 17.3. The van der Waals surface area contributed by atoms with E-state index in [-0.39, 0.29) is 5.91 Å². The molecule has 0 radical (unpaired) electrons. The van der Waals surface area contributed by atoms with E-state index in [0.29, 0.717) is 35.1 Å². The number of pyridine rings is 1. The number of nitrogens with zero attached hydrogens (tertiary/aromatic N) is 1. The van der Waals surface area contributed by atoms with Gasteiger partial charge < -0.3 is 19.5 Å². The number of fused-ring (bicyclic) bond motifs is 1. The lowest BCUT2D eigenvalue weighted by Gasteiger charge is -2.15. The first-order valence-electron chi connectivity index (χ1n) is 8.61. The molecular weight excluding hydrogens is 344 g/mol. The van der Waals surface area contributed by atoms with Gasteiger partial charge in [-0.3, -0.25) is 4.79 Å². The van der Waals surface area contributed by atoms with E-state index in [1.165, 1.54) is 0 Å². The lowest BCUT2D eigenvalue weighted by molar-refractivity contribution is 0.0957. The number of ether oxygens (including phenoxy) is 3. The standard InChI is InChI=1S/C21H22N2O4/c1-5-22-21(24)15-12-17(23-16-9-7-6-8-14(15)16)13-10-18(25-2)20(27-4)19(11-13)26-3/h6-12H,5H2,1-4H3,(H,22,24). The zero-order chi connectivity index (χ0) is 19.4. The molecule has 0 saturated heterocycles. The second-order valence-corrected chi connectivity index (χ2v) is 5.85. The maximum atomic E-state index is 12.6. The predicted octanol–water partition coefficient (Wildman–Crippen LogP) is 3.68. The Morgan fingerprint density at radius 3 is 2.26 bits per heavy atom. The van der Waals surface area contributed by atoms with Crippen LogP contribution in [0, 0.1) is 0 Å². The molecule has 2 aromatic carbocycles. The number of rotatable bonds is 6. The quantitative estimate of drug-likeness (QED) is 0.721. The van der Waals surface area contributed by atoms with Crippen LogP contribution in [0.1, 0.15) is 17.3 Å². The van der Waals surface area contributed by atoms with Gasteiger partial charge in [-0.25, -0.2) is 4.98 Å². The van der Waals surface area contributed by atoms with E-state index in [0.717, 1.165) is 16.5 Å². The molecule has 1 N–H and O–H groups in total. The third-order valence-electron chi connectivity index (χ3n) is 4.26. The summed E-state index contributed by atoms with van der Waals surface area (Å²) < 4.78 is 16.2. The molecule has 140 valence electrons. The molecular formula is C21H22N2O4. The number of hydrogen-bond acceptors (Lipinski definition) is 5. The molecule has 1 heterocycles. The van der Waals surface area contributed by atoms with Gasteiger partial charge in [-0.15, -0.1) is 0 Å². The number of para-hydroxylation sites is 1. The number of amides is 1. The van der Waals surface area contributed by atoms with E-state index < -0.39 is 0 Å². The Morgan fingerprint density at radius 2 is 1.67 bits per heavy atom. The van der Waals surface area contributed by atoms with Gasteiger partial charge in [0, 0.05) is 17.5 Å². The first-order valence-corrected chi connectivity index (χ1v) is 8.61. The van der Waals surface area contributed by atoms with Gasteiger partial charge in [0.25, 0.3) is 5.91 Å². The van der Waals surface area contributed by atoms with Crippen LogP contribution < -0.4 is 19.5 Å². The summed E-state index contributed by atoms with van der Waals surface area (Å²) in [6, 6.07) is 13.0. The topological polar surface area (TPSA) is 69.7 Å². The molecule has 6 heteroatoms. The van der Waals surface area contributed by atoms with Crippen LogP contribution in [0.3, 0.4) is 0 Å². The normalized spacial score (nSPS) is 10.5. The zero-order valence-corrected chi connectivity index (χ0v) is 15.8. The summed E-state index contributed by atoms with van der Waals surface area (Å²) in [5.41, 5.74) is 2.73. The molecule has 0 aliphatic rings. The van der Waals surface area contributed by atoms with Crippen molar-refractivity contribution in [2.24, 2.45) is 0 Å². The summed E-state index contributed by atoms with van der Waals surface area (Å²) in [6.45, 7) is 2.44. The van der Waals surface area contributed by atoms with Crippen molar-refractivity contribution in [2.75, 3.05) is 27.9 Å². The van der Waals surface area contributed by atoms with Crippen LogP contribution in [0.2, 0.25) is 0 Å². The van der Waals surface area contributed by atoms with Crippen molar-refractivity contribution in [1.29, 1.82) is 0 Å². The van der Waals surface area contributed by atoms with Gasteiger partial charge in [0.05, 0.1) is 38.1 Å². The molecule has 0 aliphatic heterocycles. The highest BCUT2D eigenvalue weighted by Gasteiger charge is 2.17. The minimum absolute atomic E-state index is 0.134. The van der Waals surface area contributed by atoms with E-state index in [1.807, 2.05) is 43.3 Å². The van der Waals surface area contributed by atoms with Crippen molar-refractivity contribution in [3.05, 3.63) is 48.0 Å². The third kappa shape index (κ3) is 3.51. The lowest BCUT2D eigenvalue weighted by Crippen LogP contribution is -2.23. The van der Waals surface area contributed by atoms with Crippen molar-refractivity contribution in [1.82, 2.24) is 10.3 Å². The van der Waals surface area contributed by atoms with Crippen molar-refractivity contribution >= 4 is 16.8 Å². The predicted molar refractivity (Wildman–Crippen MR) is 105 cm³/mol. The molecule has 0 saturated carbocycles. The fourth-order valence-electron chi connectivity index (χ4n) is 3.00. The van der Waals surface area contributed by atoms with Gasteiger partial charge in [-0.2, -0.15) is 0 Å². The maximum Gasteiger partial charge on any atom is 0.252 e. The van der Waals surface area contributed by atoms with Crippen LogP contribution in [-0.4, -0.2) is 38.8 Å². The Morgan fingerprint density at radius 1 is 1.00 bits per heavy atom. The Labute approximate surface area is 158 Å². The average Bonchev–Trinajstić information content (AvgIpc) is 2.71. The molecule has 0 unspecified atom stereocenters. The average molecular weight is 366 g/mol. The van der Waals surface area contributed by atoms with Gasteiger partial charge in [-0.1, -0.05) is 18.2 Å². The van der Waals surface area contributed by atoms with Crippen LogP contribution in [0.25, 0.3) is 22.2 Å². The monoisotopic (exact) mass is 366 g/mol. The Bertz CT molecular complexity index is 960. The Balaban J connectivity index is 2.24. The first-order chi connectivity index (χ1) is 13.1. The van der Waals surface area contributed by atoms with E-state index in [9.17, 15) is 4.79 Å². The number of carbonyl (C=O) groups excluding carboxylic acids is 1. The number of methoxy groups -OCH3 is 3. The van der Waals surface area contributed by atoms with Crippen LogP contribution in [0.15, 0.2) is 42.5 Å². The highest BCUT2D eigenvalue weighted by atomic mass is 16.5. The van der Waals surface area contributed by atoms with Gasteiger partial charge in [0.1, 0.15) is 0 Å². The molecule has 27 heavy (non-hydrogen) atoms. The Kier molecular flexibility index (Phi) is 5.45. The highest BCUT2D eigenvalue weighted by Crippen LogP contribution is 2.41. The van der Waals surface area contributed by atoms with Crippen molar-refractivity contribution in [3.63, 3.8) is 0 Å². The van der Waals surface area contributed by atoms with Crippen LogP contribution in [-0.2, 0) is 0 Å². The minimum atomic E-state index is -0.134. The first kappa shape index (κ1) is 18.5. The summed E-state index contributed by atoms with van der Waals surface area (Å²) in [6.07, 6.45) is 0. The summed E-state index contributed by atoms with van der Waals surface area (Å²) in [5, 5.41) is 3.67. The molecule has 3 rings (SSSR count). The van der Waals surface area contributed by atoms with Crippen LogP contribution in [0.4, 0.5) is 0 Å². The molecule has 0 spiro atoms.